The standard InChI is InChI=1S/C19H19F3N4OS/c20-19(21,22)14-8-5-4-6-12(14)13-7-2-1-3-9-15(13)24-17-25-26-16(27)10-11-23-18(26)28-17/h4-6,8,10-11,13,15H,1-3,7,9H2,(H,24,25)/t13-,15+/m0/s1. The third kappa shape index (κ3) is 3.76. The molecule has 0 aliphatic heterocycles. The Kier molecular flexibility index (Phi) is 5.09. The molecule has 5 nitrogen and oxygen atoms in total. The van der Waals surface area contributed by atoms with E-state index >= 15 is 0 Å². The second-order valence-electron chi connectivity index (χ2n) is 6.97. The summed E-state index contributed by atoms with van der Waals surface area (Å²) in [4.78, 5) is 16.5. The highest BCUT2D eigenvalue weighted by Crippen LogP contribution is 2.41. The predicted octanol–water partition coefficient (Wildman–Crippen LogP) is 4.70. The predicted molar refractivity (Wildman–Crippen MR) is 102 cm³/mol. The lowest BCUT2D eigenvalue weighted by Crippen LogP contribution is -2.28. The Hall–Kier alpha value is -2.42. The molecule has 1 aromatic carbocycles. The van der Waals surface area contributed by atoms with Crippen molar-refractivity contribution in [1.29, 1.82) is 0 Å². The van der Waals surface area contributed by atoms with E-state index in [1.807, 2.05) is 0 Å². The average molecular weight is 408 g/mol. The second kappa shape index (κ2) is 7.54. The lowest BCUT2D eigenvalue weighted by molar-refractivity contribution is -0.138. The Morgan fingerprint density at radius 1 is 1.11 bits per heavy atom. The number of anilines is 1. The molecule has 0 spiro atoms. The van der Waals surface area contributed by atoms with Crippen molar-refractivity contribution in [2.24, 2.45) is 0 Å². The molecule has 2 atom stereocenters. The van der Waals surface area contributed by atoms with Gasteiger partial charge in [-0.2, -0.15) is 17.7 Å². The summed E-state index contributed by atoms with van der Waals surface area (Å²) < 4.78 is 41.9. The van der Waals surface area contributed by atoms with Crippen LogP contribution in [-0.2, 0) is 6.18 Å². The van der Waals surface area contributed by atoms with Gasteiger partial charge in [0.1, 0.15) is 0 Å². The van der Waals surface area contributed by atoms with Gasteiger partial charge in [-0.3, -0.25) is 4.79 Å². The van der Waals surface area contributed by atoms with Gasteiger partial charge in [0.2, 0.25) is 10.1 Å². The van der Waals surface area contributed by atoms with Crippen LogP contribution in [0, 0.1) is 0 Å². The number of nitrogens with one attached hydrogen (secondary N) is 1. The lowest BCUT2D eigenvalue weighted by Gasteiger charge is -2.28. The lowest BCUT2D eigenvalue weighted by atomic mass is 9.84. The Labute approximate surface area is 163 Å². The molecule has 1 aliphatic carbocycles. The highest BCUT2D eigenvalue weighted by molar-refractivity contribution is 7.20. The minimum atomic E-state index is -4.39. The molecule has 3 aromatic rings. The van der Waals surface area contributed by atoms with Crippen molar-refractivity contribution in [3.05, 3.63) is 58.0 Å². The SMILES string of the molecule is O=c1ccnc2sc(N[C@@H]3CCCCC[C@H]3c3ccccc3C(F)(F)F)nn12. The summed E-state index contributed by atoms with van der Waals surface area (Å²) in [6.45, 7) is 0. The Morgan fingerprint density at radius 3 is 2.68 bits per heavy atom. The first-order valence-electron chi connectivity index (χ1n) is 9.21. The van der Waals surface area contributed by atoms with Crippen LogP contribution < -0.4 is 10.9 Å². The molecule has 1 fully saturated rings. The van der Waals surface area contributed by atoms with Gasteiger partial charge >= 0.3 is 6.18 Å². The van der Waals surface area contributed by atoms with E-state index in [2.05, 4.69) is 15.4 Å². The number of hydrogen-bond acceptors (Lipinski definition) is 5. The summed E-state index contributed by atoms with van der Waals surface area (Å²) in [7, 11) is 0. The smallest absolute Gasteiger partial charge is 0.357 e. The van der Waals surface area contributed by atoms with Crippen molar-refractivity contribution in [2.75, 3.05) is 5.32 Å². The van der Waals surface area contributed by atoms with E-state index < -0.39 is 11.7 Å². The molecule has 2 heterocycles. The zero-order valence-corrected chi connectivity index (χ0v) is 15.8. The topological polar surface area (TPSA) is 59.3 Å². The van der Waals surface area contributed by atoms with Crippen molar-refractivity contribution in [3.8, 4) is 0 Å². The van der Waals surface area contributed by atoms with Crippen molar-refractivity contribution in [3.63, 3.8) is 0 Å². The minimum absolute atomic E-state index is 0.192. The van der Waals surface area contributed by atoms with Gasteiger partial charge in [-0.05, 0) is 24.5 Å². The van der Waals surface area contributed by atoms with Gasteiger partial charge < -0.3 is 5.32 Å². The molecular formula is C19H19F3N4OS. The number of rotatable bonds is 3. The molecule has 1 aliphatic rings. The van der Waals surface area contributed by atoms with E-state index in [1.54, 1.807) is 12.1 Å². The third-order valence-electron chi connectivity index (χ3n) is 5.16. The van der Waals surface area contributed by atoms with Crippen molar-refractivity contribution >= 4 is 21.4 Å². The highest BCUT2D eigenvalue weighted by atomic mass is 32.1. The van der Waals surface area contributed by atoms with Crippen molar-refractivity contribution < 1.29 is 13.2 Å². The maximum atomic E-state index is 13.6. The summed E-state index contributed by atoms with van der Waals surface area (Å²) in [6.07, 6.45) is 1.27. The van der Waals surface area contributed by atoms with E-state index in [0.29, 0.717) is 22.1 Å². The molecule has 2 aromatic heterocycles. The average Bonchev–Trinajstić information content (AvgIpc) is 2.93. The second-order valence-corrected chi connectivity index (χ2v) is 7.92. The van der Waals surface area contributed by atoms with E-state index in [4.69, 9.17) is 0 Å². The number of benzene rings is 1. The van der Waals surface area contributed by atoms with Crippen LogP contribution in [0.3, 0.4) is 0 Å². The van der Waals surface area contributed by atoms with Gasteiger partial charge in [-0.15, -0.1) is 5.10 Å². The molecule has 0 unspecified atom stereocenters. The van der Waals surface area contributed by atoms with Crippen LogP contribution in [0.2, 0.25) is 0 Å². The van der Waals surface area contributed by atoms with Crippen LogP contribution in [-0.4, -0.2) is 20.6 Å². The fraction of sp³-hybridized carbons (Fsp3) is 0.421. The normalized spacial score (nSPS) is 20.8. The molecule has 0 radical (unpaired) electrons. The van der Waals surface area contributed by atoms with Gasteiger partial charge in [-0.25, -0.2) is 4.98 Å². The number of nitrogens with zero attached hydrogens (tertiary/aromatic N) is 3. The molecule has 148 valence electrons. The quantitative estimate of drug-likeness (QED) is 0.639. The van der Waals surface area contributed by atoms with Crippen LogP contribution >= 0.6 is 11.3 Å². The highest BCUT2D eigenvalue weighted by Gasteiger charge is 2.37. The van der Waals surface area contributed by atoms with Crippen molar-refractivity contribution in [1.82, 2.24) is 14.6 Å². The molecule has 1 N–H and O–H groups in total. The van der Waals surface area contributed by atoms with Gasteiger partial charge in [0.05, 0.1) is 5.56 Å². The third-order valence-corrected chi connectivity index (χ3v) is 6.02. The van der Waals surface area contributed by atoms with E-state index in [0.717, 1.165) is 31.7 Å². The molecule has 1 saturated carbocycles. The maximum absolute atomic E-state index is 13.6. The van der Waals surface area contributed by atoms with Gasteiger partial charge in [0, 0.05) is 24.2 Å². The summed E-state index contributed by atoms with van der Waals surface area (Å²) in [5, 5.41) is 8.07. The number of hydrogen-bond donors (Lipinski definition) is 1. The Balaban J connectivity index is 1.70. The van der Waals surface area contributed by atoms with E-state index in [1.165, 1.54) is 34.2 Å². The maximum Gasteiger partial charge on any atom is 0.416 e. The summed E-state index contributed by atoms with van der Waals surface area (Å²) >= 11 is 1.23. The number of alkyl halides is 3. The molecule has 0 saturated heterocycles. The fourth-order valence-electron chi connectivity index (χ4n) is 3.89. The molecule has 4 rings (SSSR count). The molecular weight excluding hydrogens is 389 g/mol. The number of halogens is 3. The van der Waals surface area contributed by atoms with E-state index in [9.17, 15) is 18.0 Å². The number of fused-ring (bicyclic) bond motifs is 1. The first kappa shape index (κ1) is 18.9. The molecule has 9 heteroatoms. The van der Waals surface area contributed by atoms with Crippen molar-refractivity contribution in [2.45, 2.75) is 50.2 Å². The van der Waals surface area contributed by atoms with Crippen LogP contribution in [0.15, 0.2) is 41.3 Å². The summed E-state index contributed by atoms with van der Waals surface area (Å²) in [6, 6.07) is 6.95. The molecule has 28 heavy (non-hydrogen) atoms. The van der Waals surface area contributed by atoms with Gasteiger partial charge in [0.25, 0.3) is 5.56 Å². The Morgan fingerprint density at radius 2 is 1.89 bits per heavy atom. The van der Waals surface area contributed by atoms with Gasteiger partial charge in [0.15, 0.2) is 0 Å². The zero-order chi connectivity index (χ0) is 19.7. The molecule has 0 amide bonds. The van der Waals surface area contributed by atoms with Crippen LogP contribution in [0.5, 0.6) is 0 Å². The first-order valence-corrected chi connectivity index (χ1v) is 10.0. The van der Waals surface area contributed by atoms with Gasteiger partial charge in [-0.1, -0.05) is 48.8 Å². The van der Waals surface area contributed by atoms with Crippen LogP contribution in [0.1, 0.15) is 49.1 Å². The molecule has 0 bridgehead atoms. The minimum Gasteiger partial charge on any atom is -0.357 e. The largest absolute Gasteiger partial charge is 0.416 e. The monoisotopic (exact) mass is 408 g/mol. The fourth-order valence-corrected chi connectivity index (χ4v) is 4.73. The van der Waals surface area contributed by atoms with Crippen LogP contribution in [0.4, 0.5) is 18.3 Å². The summed E-state index contributed by atoms with van der Waals surface area (Å²) in [5.74, 6) is -0.281. The van der Waals surface area contributed by atoms with Crippen LogP contribution in [0.25, 0.3) is 4.96 Å². The summed E-state index contributed by atoms with van der Waals surface area (Å²) in [5.41, 5.74) is -0.532. The Bertz CT molecular complexity index is 1030. The zero-order valence-electron chi connectivity index (χ0n) is 14.9. The first-order chi connectivity index (χ1) is 13.4. The van der Waals surface area contributed by atoms with E-state index in [-0.39, 0.29) is 17.5 Å². The number of aromatic nitrogens is 3.